The zero-order valence-electron chi connectivity index (χ0n) is 41.7. The van der Waals surface area contributed by atoms with E-state index in [1.807, 2.05) is 6.08 Å². The van der Waals surface area contributed by atoms with Gasteiger partial charge in [-0.05, 0) is 77.0 Å². The Morgan fingerprint density at radius 2 is 0.825 bits per heavy atom. The number of amides is 1. The van der Waals surface area contributed by atoms with Crippen LogP contribution in [0.25, 0.3) is 0 Å². The first-order valence-electron chi connectivity index (χ1n) is 27.1. The summed E-state index contributed by atoms with van der Waals surface area (Å²) in [6.07, 6.45) is 62.7. The van der Waals surface area contributed by atoms with Crippen LogP contribution in [0.5, 0.6) is 0 Å². The van der Waals surface area contributed by atoms with Gasteiger partial charge in [0.1, 0.15) is 6.10 Å². The van der Waals surface area contributed by atoms with E-state index in [0.29, 0.717) is 19.3 Å². The maximum Gasteiger partial charge on any atom is 0.306 e. The second kappa shape index (κ2) is 50.6. The van der Waals surface area contributed by atoms with Gasteiger partial charge in [0, 0.05) is 6.42 Å². The molecule has 6 heteroatoms. The number of aliphatic hydroxyl groups excluding tert-OH is 2. The summed E-state index contributed by atoms with van der Waals surface area (Å²) in [4.78, 5) is 26.2. The van der Waals surface area contributed by atoms with Gasteiger partial charge < -0.3 is 20.3 Å². The summed E-state index contributed by atoms with van der Waals surface area (Å²) in [5.74, 6) is -0.527. The van der Waals surface area contributed by atoms with Crippen LogP contribution < -0.4 is 5.32 Å². The number of allylic oxidation sites excluding steroid dienone is 10. The molecule has 0 aromatic heterocycles. The zero-order valence-corrected chi connectivity index (χ0v) is 41.7. The molecule has 0 aliphatic rings. The molecule has 0 heterocycles. The van der Waals surface area contributed by atoms with Crippen molar-refractivity contribution in [2.24, 2.45) is 0 Å². The largest absolute Gasteiger partial charge is 0.462 e. The van der Waals surface area contributed by atoms with Crippen LogP contribution >= 0.6 is 0 Å². The van der Waals surface area contributed by atoms with E-state index in [2.05, 4.69) is 80.8 Å². The molecule has 63 heavy (non-hydrogen) atoms. The molecule has 0 saturated heterocycles. The summed E-state index contributed by atoms with van der Waals surface area (Å²) in [6, 6.07) is -0.719. The van der Waals surface area contributed by atoms with E-state index in [1.54, 1.807) is 0 Å². The number of carbonyl (C=O) groups excluding carboxylic acids is 2. The minimum Gasteiger partial charge on any atom is -0.462 e. The maximum atomic E-state index is 13.2. The molecule has 0 rings (SSSR count). The van der Waals surface area contributed by atoms with Crippen molar-refractivity contribution in [2.75, 3.05) is 6.61 Å². The Hall–Kier alpha value is -2.44. The standard InChI is InChI=1S/C57H103NO5/c1-4-7-10-13-16-19-22-25-28-29-30-33-36-39-42-45-48-53(63-57(62)50-47-44-41-38-35-32-27-24-21-18-15-12-9-6-3)51-56(61)58-54(52-59)55(60)49-46-43-40-37-34-31-26-23-20-17-14-11-8-5-2/h16,19,22,25,28-30,32-33,35,53-55,59-60H,4-15,17-18,20-21,23-24,26-27,31,34,36-52H2,1-3H3,(H,58,61)/b19-16+,25-22+,29-28+,33-30+,35-32-. The van der Waals surface area contributed by atoms with Crippen LogP contribution in [0, 0.1) is 0 Å². The fraction of sp³-hybridized carbons (Fsp3) is 0.789. The molecule has 0 aromatic carbocycles. The monoisotopic (exact) mass is 882 g/mol. The van der Waals surface area contributed by atoms with Crippen LogP contribution in [-0.4, -0.2) is 46.9 Å². The van der Waals surface area contributed by atoms with Crippen molar-refractivity contribution < 1.29 is 24.5 Å². The molecule has 0 aliphatic carbocycles. The molecule has 3 unspecified atom stereocenters. The third-order valence-electron chi connectivity index (χ3n) is 12.2. The van der Waals surface area contributed by atoms with Crippen LogP contribution in [0.2, 0.25) is 0 Å². The Bertz CT molecular complexity index is 1130. The number of hydrogen-bond acceptors (Lipinski definition) is 5. The van der Waals surface area contributed by atoms with Gasteiger partial charge in [-0.1, -0.05) is 236 Å². The molecule has 3 N–H and O–H groups in total. The van der Waals surface area contributed by atoms with Crippen LogP contribution in [0.15, 0.2) is 60.8 Å². The summed E-state index contributed by atoms with van der Waals surface area (Å²) in [7, 11) is 0. The summed E-state index contributed by atoms with van der Waals surface area (Å²) in [5.41, 5.74) is 0. The quantitative estimate of drug-likeness (QED) is 0.0245. The number of aliphatic hydroxyl groups is 2. The molecule has 6 nitrogen and oxygen atoms in total. The van der Waals surface area contributed by atoms with Gasteiger partial charge in [-0.15, -0.1) is 0 Å². The molecule has 0 bridgehead atoms. The number of rotatable bonds is 48. The fourth-order valence-electron chi connectivity index (χ4n) is 8.03. The Kier molecular flexibility index (Phi) is 48.6. The number of hydrogen-bond donors (Lipinski definition) is 3. The number of nitrogens with one attached hydrogen (secondary N) is 1. The van der Waals surface area contributed by atoms with Crippen molar-refractivity contribution >= 4 is 11.9 Å². The minimum atomic E-state index is -0.802. The maximum absolute atomic E-state index is 13.2. The van der Waals surface area contributed by atoms with E-state index in [4.69, 9.17) is 4.74 Å². The van der Waals surface area contributed by atoms with Gasteiger partial charge in [-0.25, -0.2) is 0 Å². The first-order chi connectivity index (χ1) is 31.0. The summed E-state index contributed by atoms with van der Waals surface area (Å²) >= 11 is 0. The molecule has 0 aliphatic heterocycles. The van der Waals surface area contributed by atoms with Gasteiger partial charge in [0.2, 0.25) is 5.91 Å². The lowest BCUT2D eigenvalue weighted by molar-refractivity contribution is -0.151. The smallest absolute Gasteiger partial charge is 0.306 e. The van der Waals surface area contributed by atoms with Crippen molar-refractivity contribution in [3.05, 3.63) is 60.8 Å². The van der Waals surface area contributed by atoms with E-state index in [-0.39, 0.29) is 24.9 Å². The molecule has 0 fully saturated rings. The Labute approximate surface area is 390 Å². The Morgan fingerprint density at radius 3 is 1.32 bits per heavy atom. The molecular weight excluding hydrogens is 779 g/mol. The molecular formula is C57H103NO5. The Morgan fingerprint density at radius 1 is 0.460 bits per heavy atom. The van der Waals surface area contributed by atoms with Crippen molar-refractivity contribution in [1.82, 2.24) is 5.32 Å². The lowest BCUT2D eigenvalue weighted by atomic mass is 10.0. The second-order valence-electron chi connectivity index (χ2n) is 18.4. The van der Waals surface area contributed by atoms with Gasteiger partial charge in [-0.3, -0.25) is 9.59 Å². The highest BCUT2D eigenvalue weighted by Gasteiger charge is 2.24. The van der Waals surface area contributed by atoms with Gasteiger partial charge in [0.15, 0.2) is 0 Å². The predicted octanol–water partition coefficient (Wildman–Crippen LogP) is 16.4. The van der Waals surface area contributed by atoms with Gasteiger partial charge >= 0.3 is 5.97 Å². The van der Waals surface area contributed by atoms with Gasteiger partial charge in [0.05, 0.1) is 25.2 Å². The number of carbonyl (C=O) groups is 2. The number of ether oxygens (including phenoxy) is 1. The fourth-order valence-corrected chi connectivity index (χ4v) is 8.03. The molecule has 3 atom stereocenters. The highest BCUT2D eigenvalue weighted by atomic mass is 16.5. The zero-order chi connectivity index (χ0) is 45.9. The molecule has 0 spiro atoms. The van der Waals surface area contributed by atoms with E-state index < -0.39 is 18.2 Å². The number of unbranched alkanes of at least 4 members (excludes halogenated alkanes) is 29. The van der Waals surface area contributed by atoms with Crippen molar-refractivity contribution in [2.45, 2.75) is 283 Å². The minimum absolute atomic E-state index is 0.0451. The summed E-state index contributed by atoms with van der Waals surface area (Å²) in [6.45, 7) is 6.44. The lowest BCUT2D eigenvalue weighted by Gasteiger charge is -2.24. The van der Waals surface area contributed by atoms with Crippen molar-refractivity contribution in [3.63, 3.8) is 0 Å². The highest BCUT2D eigenvalue weighted by molar-refractivity contribution is 5.77. The summed E-state index contributed by atoms with van der Waals surface area (Å²) in [5, 5.41) is 23.8. The first kappa shape index (κ1) is 60.6. The summed E-state index contributed by atoms with van der Waals surface area (Å²) < 4.78 is 5.92. The molecule has 0 aromatic rings. The van der Waals surface area contributed by atoms with Crippen molar-refractivity contribution in [3.8, 4) is 0 Å². The third-order valence-corrected chi connectivity index (χ3v) is 12.2. The molecule has 0 radical (unpaired) electrons. The van der Waals surface area contributed by atoms with E-state index in [0.717, 1.165) is 83.5 Å². The van der Waals surface area contributed by atoms with Crippen molar-refractivity contribution in [1.29, 1.82) is 0 Å². The first-order valence-corrected chi connectivity index (χ1v) is 27.1. The molecule has 1 amide bonds. The normalized spacial score (nSPS) is 13.7. The van der Waals surface area contributed by atoms with Crippen LogP contribution in [0.1, 0.15) is 265 Å². The molecule has 0 saturated carbocycles. The second-order valence-corrected chi connectivity index (χ2v) is 18.4. The topological polar surface area (TPSA) is 95.9 Å². The SMILES string of the molecule is CCCCC/C=C/C=C/C=C/C=C/CCCCCC(CC(=O)NC(CO)C(O)CCCCCCCCCCCCCCCC)OC(=O)CCCCC/C=C\CCCCCCCCC. The lowest BCUT2D eigenvalue weighted by Crippen LogP contribution is -2.46. The van der Waals surface area contributed by atoms with Crippen LogP contribution in [-0.2, 0) is 14.3 Å². The highest BCUT2D eigenvalue weighted by Crippen LogP contribution is 2.17. The van der Waals surface area contributed by atoms with Crippen LogP contribution in [0.3, 0.4) is 0 Å². The van der Waals surface area contributed by atoms with Crippen LogP contribution in [0.4, 0.5) is 0 Å². The van der Waals surface area contributed by atoms with Gasteiger partial charge in [-0.2, -0.15) is 0 Å². The molecule has 366 valence electrons. The van der Waals surface area contributed by atoms with E-state index in [1.165, 1.54) is 135 Å². The average Bonchev–Trinajstić information content (AvgIpc) is 3.28. The number of esters is 1. The predicted molar refractivity (Wildman–Crippen MR) is 273 cm³/mol. The van der Waals surface area contributed by atoms with E-state index in [9.17, 15) is 19.8 Å². The average molecular weight is 882 g/mol. The Balaban J connectivity index is 4.68. The third kappa shape index (κ3) is 45.9. The van der Waals surface area contributed by atoms with Gasteiger partial charge in [0.25, 0.3) is 0 Å². The van der Waals surface area contributed by atoms with E-state index >= 15 is 0 Å².